The molecule has 4 aromatic carbocycles. The normalized spacial score (nSPS) is 11.4. The van der Waals surface area contributed by atoms with Crippen molar-refractivity contribution in [2.24, 2.45) is 0 Å². The van der Waals surface area contributed by atoms with Crippen LogP contribution in [0.3, 0.4) is 0 Å². The SMILES string of the molecule is Cc1cc(C)nc(-n2c(Nc3ccc4ccccc4c3)cc(=O)c3c(C)n(-c4ccc5ccccc5c4)c(=O)nc32)n1. The molecule has 3 aromatic heterocycles. The number of rotatable bonds is 4. The standard InChI is InChI=1S/C34H26N6O2/c1-20-16-21(2)36-33(35-20)40-30(37-27-14-12-23-8-4-6-10-25(23)17-27)19-29(41)31-22(3)39(34(42)38-32(31)40)28-15-13-24-9-5-7-11-26(24)18-28/h4-19,37H,1-3H3. The summed E-state index contributed by atoms with van der Waals surface area (Å²) in [6.07, 6.45) is 0. The summed E-state index contributed by atoms with van der Waals surface area (Å²) in [6, 6.07) is 31.1. The Morgan fingerprint density at radius 3 is 1.93 bits per heavy atom. The number of nitrogens with one attached hydrogen (secondary N) is 1. The van der Waals surface area contributed by atoms with Crippen molar-refractivity contribution in [2.45, 2.75) is 20.8 Å². The Balaban J connectivity index is 1.50. The van der Waals surface area contributed by atoms with Crippen molar-refractivity contribution in [3.63, 3.8) is 0 Å². The van der Waals surface area contributed by atoms with Crippen molar-refractivity contribution in [3.8, 4) is 11.6 Å². The Morgan fingerprint density at radius 1 is 0.619 bits per heavy atom. The van der Waals surface area contributed by atoms with E-state index >= 15 is 0 Å². The van der Waals surface area contributed by atoms with Crippen molar-refractivity contribution in [1.82, 2.24) is 24.1 Å². The third-order valence-corrected chi connectivity index (χ3v) is 7.46. The predicted octanol–water partition coefficient (Wildman–Crippen LogP) is 6.30. The van der Waals surface area contributed by atoms with Gasteiger partial charge in [0.05, 0.1) is 11.1 Å². The van der Waals surface area contributed by atoms with Crippen LogP contribution in [-0.4, -0.2) is 24.1 Å². The molecule has 8 nitrogen and oxygen atoms in total. The van der Waals surface area contributed by atoms with Gasteiger partial charge in [0.2, 0.25) is 5.95 Å². The van der Waals surface area contributed by atoms with Crippen LogP contribution in [0.5, 0.6) is 0 Å². The van der Waals surface area contributed by atoms with Crippen LogP contribution in [0.1, 0.15) is 17.1 Å². The molecule has 0 bridgehead atoms. The van der Waals surface area contributed by atoms with Gasteiger partial charge in [-0.1, -0.05) is 60.7 Å². The molecule has 3 heterocycles. The van der Waals surface area contributed by atoms with E-state index in [-0.39, 0.29) is 11.1 Å². The van der Waals surface area contributed by atoms with E-state index in [4.69, 9.17) is 0 Å². The van der Waals surface area contributed by atoms with Gasteiger partial charge in [0, 0.05) is 28.8 Å². The first-order valence-corrected chi connectivity index (χ1v) is 13.6. The first-order chi connectivity index (χ1) is 20.4. The summed E-state index contributed by atoms with van der Waals surface area (Å²) in [4.78, 5) is 41.3. The molecular weight excluding hydrogens is 524 g/mol. The molecule has 0 aliphatic heterocycles. The van der Waals surface area contributed by atoms with Crippen molar-refractivity contribution in [3.05, 3.63) is 135 Å². The summed E-state index contributed by atoms with van der Waals surface area (Å²) in [5.74, 6) is 0.720. The van der Waals surface area contributed by atoms with E-state index in [2.05, 4.69) is 20.3 Å². The van der Waals surface area contributed by atoms with Crippen molar-refractivity contribution >= 4 is 44.1 Å². The Kier molecular flexibility index (Phi) is 5.90. The minimum absolute atomic E-state index is 0.190. The Labute approximate surface area is 240 Å². The molecule has 1 N–H and O–H groups in total. The number of aryl methyl sites for hydroxylation is 3. The lowest BCUT2D eigenvalue weighted by atomic mass is 10.1. The molecule has 8 heteroatoms. The Hall–Kier alpha value is -5.63. The highest BCUT2D eigenvalue weighted by Crippen LogP contribution is 2.27. The Bertz CT molecular complexity index is 2300. The highest BCUT2D eigenvalue weighted by atomic mass is 16.1. The largest absolute Gasteiger partial charge is 0.354 e. The molecule has 0 atom stereocenters. The van der Waals surface area contributed by atoms with Crippen LogP contribution in [0, 0.1) is 20.8 Å². The topological polar surface area (TPSA) is 94.7 Å². The summed E-state index contributed by atoms with van der Waals surface area (Å²) in [5, 5.41) is 7.88. The van der Waals surface area contributed by atoms with Gasteiger partial charge in [0.15, 0.2) is 11.1 Å². The van der Waals surface area contributed by atoms with Crippen LogP contribution < -0.4 is 16.4 Å². The second kappa shape index (κ2) is 9.78. The van der Waals surface area contributed by atoms with Crippen molar-refractivity contribution in [1.29, 1.82) is 0 Å². The van der Waals surface area contributed by atoms with Crippen LogP contribution >= 0.6 is 0 Å². The van der Waals surface area contributed by atoms with E-state index in [0.29, 0.717) is 28.5 Å². The van der Waals surface area contributed by atoms with E-state index in [0.717, 1.165) is 38.6 Å². The summed E-state index contributed by atoms with van der Waals surface area (Å²) < 4.78 is 3.14. The molecule has 7 aromatic rings. The van der Waals surface area contributed by atoms with Crippen molar-refractivity contribution in [2.75, 3.05) is 5.32 Å². The number of fused-ring (bicyclic) bond motifs is 3. The van der Waals surface area contributed by atoms with Gasteiger partial charge in [-0.3, -0.25) is 9.36 Å². The first-order valence-electron chi connectivity index (χ1n) is 13.6. The summed E-state index contributed by atoms with van der Waals surface area (Å²) >= 11 is 0. The summed E-state index contributed by atoms with van der Waals surface area (Å²) in [6.45, 7) is 5.53. The van der Waals surface area contributed by atoms with E-state index < -0.39 is 5.69 Å². The fourth-order valence-corrected chi connectivity index (χ4v) is 5.58. The smallest absolute Gasteiger partial charge is 0.341 e. The lowest BCUT2D eigenvalue weighted by Gasteiger charge is -2.19. The maximum absolute atomic E-state index is 13.8. The lowest BCUT2D eigenvalue weighted by molar-refractivity contribution is 0.860. The minimum Gasteiger partial charge on any atom is -0.341 e. The van der Waals surface area contributed by atoms with E-state index in [1.165, 1.54) is 10.6 Å². The van der Waals surface area contributed by atoms with Crippen LogP contribution in [-0.2, 0) is 0 Å². The maximum Gasteiger partial charge on any atom is 0.354 e. The fraction of sp³-hybridized carbons (Fsp3) is 0.0882. The van der Waals surface area contributed by atoms with Gasteiger partial charge in [-0.25, -0.2) is 19.3 Å². The van der Waals surface area contributed by atoms with Crippen LogP contribution in [0.25, 0.3) is 44.2 Å². The number of pyridine rings is 1. The van der Waals surface area contributed by atoms with Gasteiger partial charge >= 0.3 is 5.69 Å². The quantitative estimate of drug-likeness (QED) is 0.276. The average Bonchev–Trinajstić information content (AvgIpc) is 2.96. The van der Waals surface area contributed by atoms with Gasteiger partial charge in [-0.05, 0) is 72.6 Å². The summed E-state index contributed by atoms with van der Waals surface area (Å²) in [7, 11) is 0. The second-order valence-electron chi connectivity index (χ2n) is 10.4. The molecule has 204 valence electrons. The zero-order chi connectivity index (χ0) is 29.0. The fourth-order valence-electron chi connectivity index (χ4n) is 5.58. The molecule has 0 amide bonds. The van der Waals surface area contributed by atoms with Crippen LogP contribution in [0.4, 0.5) is 11.5 Å². The number of benzene rings is 4. The second-order valence-corrected chi connectivity index (χ2v) is 10.4. The zero-order valence-electron chi connectivity index (χ0n) is 23.3. The zero-order valence-corrected chi connectivity index (χ0v) is 23.3. The van der Waals surface area contributed by atoms with E-state index in [1.807, 2.05) is 105 Å². The van der Waals surface area contributed by atoms with Gasteiger partial charge in [0.1, 0.15) is 5.82 Å². The monoisotopic (exact) mass is 550 g/mol. The average molecular weight is 551 g/mol. The molecule has 0 aliphatic rings. The highest BCUT2D eigenvalue weighted by molar-refractivity contribution is 5.88. The number of hydrogen-bond acceptors (Lipinski definition) is 6. The van der Waals surface area contributed by atoms with Gasteiger partial charge in [-0.2, -0.15) is 4.98 Å². The van der Waals surface area contributed by atoms with Crippen LogP contribution in [0.15, 0.2) is 107 Å². The molecule has 0 fully saturated rings. The van der Waals surface area contributed by atoms with Gasteiger partial charge in [0.25, 0.3) is 0 Å². The van der Waals surface area contributed by atoms with E-state index in [1.54, 1.807) is 11.5 Å². The summed E-state index contributed by atoms with van der Waals surface area (Å²) in [5.41, 5.74) is 2.81. The molecule has 0 radical (unpaired) electrons. The van der Waals surface area contributed by atoms with Gasteiger partial charge < -0.3 is 5.32 Å². The van der Waals surface area contributed by atoms with Crippen LogP contribution in [0.2, 0.25) is 0 Å². The third kappa shape index (κ3) is 4.30. The first kappa shape index (κ1) is 25.3. The molecule has 7 rings (SSSR count). The molecule has 0 saturated heterocycles. The molecular formula is C34H26N6O2. The number of aromatic nitrogens is 5. The minimum atomic E-state index is -0.504. The lowest BCUT2D eigenvalue weighted by Crippen LogP contribution is -2.28. The Morgan fingerprint density at radius 2 is 1.24 bits per heavy atom. The molecule has 0 saturated carbocycles. The number of hydrogen-bond donors (Lipinski definition) is 1. The van der Waals surface area contributed by atoms with Gasteiger partial charge in [-0.15, -0.1) is 0 Å². The molecule has 0 aliphatic carbocycles. The number of nitrogens with zero attached hydrogens (tertiary/aromatic N) is 5. The molecule has 0 spiro atoms. The van der Waals surface area contributed by atoms with Crippen molar-refractivity contribution < 1.29 is 0 Å². The predicted molar refractivity (Wildman–Crippen MR) is 167 cm³/mol. The van der Waals surface area contributed by atoms with E-state index in [9.17, 15) is 9.59 Å². The molecule has 42 heavy (non-hydrogen) atoms. The molecule has 0 unspecified atom stereocenters. The third-order valence-electron chi connectivity index (χ3n) is 7.46. The number of anilines is 2. The maximum atomic E-state index is 13.8. The highest BCUT2D eigenvalue weighted by Gasteiger charge is 2.21.